The summed E-state index contributed by atoms with van der Waals surface area (Å²) in [6, 6.07) is 7.52. The van der Waals surface area contributed by atoms with E-state index < -0.39 is 0 Å². The number of likely N-dealkylation sites (tertiary alicyclic amines) is 1. The molecule has 0 radical (unpaired) electrons. The van der Waals surface area contributed by atoms with E-state index in [1.807, 2.05) is 17.0 Å². The van der Waals surface area contributed by atoms with Crippen LogP contribution >= 0.6 is 11.5 Å². The number of ether oxygens (including phenoxy) is 1. The lowest BCUT2D eigenvalue weighted by atomic mass is 10.0. The van der Waals surface area contributed by atoms with Crippen LogP contribution in [0.15, 0.2) is 30.5 Å². The Hall–Kier alpha value is -2.48. The van der Waals surface area contributed by atoms with Gasteiger partial charge in [0.15, 0.2) is 0 Å². The Morgan fingerprint density at radius 2 is 2.12 bits per heavy atom. The predicted octanol–water partition coefficient (Wildman–Crippen LogP) is 2.04. The molecule has 1 aromatic heterocycles. The highest BCUT2D eigenvalue weighted by Gasteiger charge is 2.24. The molecule has 1 amide bonds. The van der Waals surface area contributed by atoms with E-state index in [0.29, 0.717) is 23.5 Å². The molecule has 1 aliphatic heterocycles. The van der Waals surface area contributed by atoms with Gasteiger partial charge >= 0.3 is 5.97 Å². The van der Waals surface area contributed by atoms with E-state index in [2.05, 4.69) is 14.9 Å². The smallest absolute Gasteiger partial charge is 0.337 e. The zero-order valence-electron chi connectivity index (χ0n) is 13.3. The van der Waals surface area contributed by atoms with Crippen molar-refractivity contribution in [2.45, 2.75) is 18.9 Å². The fourth-order valence-corrected chi connectivity index (χ4v) is 3.22. The van der Waals surface area contributed by atoms with Gasteiger partial charge in [0, 0.05) is 24.8 Å². The van der Waals surface area contributed by atoms with E-state index in [1.165, 1.54) is 13.3 Å². The second-order valence-corrected chi connectivity index (χ2v) is 6.35. The second-order valence-electron chi connectivity index (χ2n) is 5.56. The number of anilines is 1. The molecule has 1 aliphatic rings. The molecule has 3 rings (SSSR count). The van der Waals surface area contributed by atoms with Gasteiger partial charge in [0.2, 0.25) is 0 Å². The number of amides is 1. The van der Waals surface area contributed by atoms with Crippen molar-refractivity contribution in [2.24, 2.45) is 0 Å². The number of aromatic nitrogens is 2. The van der Waals surface area contributed by atoms with Crippen molar-refractivity contribution in [3.63, 3.8) is 0 Å². The number of hydrogen-bond acceptors (Lipinski definition) is 7. The molecule has 0 saturated carbocycles. The average molecular weight is 346 g/mol. The van der Waals surface area contributed by atoms with Crippen molar-refractivity contribution in [3.8, 4) is 0 Å². The molecule has 0 atom stereocenters. The number of carbonyl (C=O) groups excluding carboxylic acids is 2. The van der Waals surface area contributed by atoms with Crippen molar-refractivity contribution >= 4 is 29.1 Å². The van der Waals surface area contributed by atoms with Crippen molar-refractivity contribution in [1.82, 2.24) is 14.5 Å². The monoisotopic (exact) mass is 346 g/mol. The van der Waals surface area contributed by atoms with Gasteiger partial charge in [-0.3, -0.25) is 4.79 Å². The van der Waals surface area contributed by atoms with Gasteiger partial charge in [0.1, 0.15) is 4.88 Å². The van der Waals surface area contributed by atoms with E-state index >= 15 is 0 Å². The number of nitrogens with one attached hydrogen (secondary N) is 1. The number of carbonyl (C=O) groups is 2. The van der Waals surface area contributed by atoms with E-state index in [0.717, 1.165) is 30.1 Å². The summed E-state index contributed by atoms with van der Waals surface area (Å²) in [4.78, 5) is 26.3. The summed E-state index contributed by atoms with van der Waals surface area (Å²) in [7, 11) is 1.37. The maximum Gasteiger partial charge on any atom is 0.337 e. The van der Waals surface area contributed by atoms with Crippen LogP contribution in [-0.2, 0) is 4.74 Å². The molecule has 126 valence electrons. The van der Waals surface area contributed by atoms with Crippen LogP contribution in [0.5, 0.6) is 0 Å². The molecular formula is C16H18N4O3S. The van der Waals surface area contributed by atoms with Gasteiger partial charge in [0.25, 0.3) is 5.91 Å². The Kier molecular flexibility index (Phi) is 5.05. The van der Waals surface area contributed by atoms with E-state index in [1.54, 1.807) is 12.1 Å². The standard InChI is InChI=1S/C16H18N4O3S/c1-23-16(22)11-3-2-4-13(9-11)18-12-5-7-20(8-6-12)15(21)14-10-17-19-24-14/h2-4,9-10,12,18H,5-8H2,1H3. The Morgan fingerprint density at radius 1 is 1.33 bits per heavy atom. The summed E-state index contributed by atoms with van der Waals surface area (Å²) >= 11 is 1.12. The Labute approximate surface area is 143 Å². The lowest BCUT2D eigenvalue weighted by Gasteiger charge is -2.32. The van der Waals surface area contributed by atoms with Gasteiger partial charge in [-0.2, -0.15) is 0 Å². The number of methoxy groups -OCH3 is 1. The van der Waals surface area contributed by atoms with Crippen molar-refractivity contribution < 1.29 is 14.3 Å². The highest BCUT2D eigenvalue weighted by Crippen LogP contribution is 2.20. The van der Waals surface area contributed by atoms with E-state index in [4.69, 9.17) is 4.74 Å². The van der Waals surface area contributed by atoms with Crippen molar-refractivity contribution in [3.05, 3.63) is 40.9 Å². The Balaban J connectivity index is 1.56. The largest absolute Gasteiger partial charge is 0.465 e. The van der Waals surface area contributed by atoms with Gasteiger partial charge in [0.05, 0.1) is 18.9 Å². The van der Waals surface area contributed by atoms with Crippen molar-refractivity contribution in [2.75, 3.05) is 25.5 Å². The van der Waals surface area contributed by atoms with Crippen LogP contribution in [0, 0.1) is 0 Å². The molecule has 2 aromatic rings. The van der Waals surface area contributed by atoms with Gasteiger partial charge < -0.3 is 15.0 Å². The van der Waals surface area contributed by atoms with Crippen LogP contribution in [0.2, 0.25) is 0 Å². The second kappa shape index (κ2) is 7.39. The first kappa shape index (κ1) is 16.4. The minimum Gasteiger partial charge on any atom is -0.465 e. The number of piperidine rings is 1. The molecule has 7 nitrogen and oxygen atoms in total. The highest BCUT2D eigenvalue weighted by atomic mass is 32.1. The molecule has 0 spiro atoms. The van der Waals surface area contributed by atoms with Gasteiger partial charge in [-0.25, -0.2) is 4.79 Å². The van der Waals surface area contributed by atoms with Crippen LogP contribution < -0.4 is 5.32 Å². The summed E-state index contributed by atoms with van der Waals surface area (Å²) in [6.45, 7) is 1.37. The first-order valence-corrected chi connectivity index (χ1v) is 8.46. The molecule has 0 bridgehead atoms. The normalized spacial score (nSPS) is 15.1. The first-order valence-electron chi connectivity index (χ1n) is 7.69. The maximum absolute atomic E-state index is 12.3. The topological polar surface area (TPSA) is 84.4 Å². The van der Waals surface area contributed by atoms with Gasteiger partial charge in [-0.1, -0.05) is 10.6 Å². The van der Waals surface area contributed by atoms with Crippen LogP contribution in [-0.4, -0.2) is 52.6 Å². The maximum atomic E-state index is 12.3. The highest BCUT2D eigenvalue weighted by molar-refractivity contribution is 7.07. The molecular weight excluding hydrogens is 328 g/mol. The minimum absolute atomic E-state index is 0.00358. The summed E-state index contributed by atoms with van der Waals surface area (Å²) in [5, 5.41) is 7.14. The number of nitrogens with zero attached hydrogens (tertiary/aromatic N) is 3. The summed E-state index contributed by atoms with van der Waals surface area (Å²) < 4.78 is 8.47. The Morgan fingerprint density at radius 3 is 2.79 bits per heavy atom. The quantitative estimate of drug-likeness (QED) is 0.853. The van der Waals surface area contributed by atoms with Crippen LogP contribution in [0.1, 0.15) is 32.9 Å². The molecule has 2 heterocycles. The summed E-state index contributed by atoms with van der Waals surface area (Å²) in [5.74, 6) is -0.353. The SMILES string of the molecule is COC(=O)c1cccc(NC2CCN(C(=O)c3cnns3)CC2)c1. The molecule has 1 fully saturated rings. The lowest BCUT2D eigenvalue weighted by Crippen LogP contribution is -2.42. The van der Waals surface area contributed by atoms with Gasteiger partial charge in [-0.05, 0) is 42.6 Å². The average Bonchev–Trinajstić information content (AvgIpc) is 3.16. The number of hydrogen-bond donors (Lipinski definition) is 1. The molecule has 8 heteroatoms. The fourth-order valence-electron chi connectivity index (χ4n) is 2.73. The molecule has 1 N–H and O–H groups in total. The first-order chi connectivity index (χ1) is 11.7. The molecule has 0 unspecified atom stereocenters. The van der Waals surface area contributed by atoms with Crippen LogP contribution in [0.4, 0.5) is 5.69 Å². The molecule has 0 aliphatic carbocycles. The molecule has 1 saturated heterocycles. The van der Waals surface area contributed by atoms with Crippen LogP contribution in [0.3, 0.4) is 0 Å². The zero-order valence-corrected chi connectivity index (χ0v) is 14.1. The van der Waals surface area contributed by atoms with Crippen LogP contribution in [0.25, 0.3) is 0 Å². The predicted molar refractivity (Wildman–Crippen MR) is 90.2 cm³/mol. The van der Waals surface area contributed by atoms with Crippen molar-refractivity contribution in [1.29, 1.82) is 0 Å². The number of esters is 1. The zero-order chi connectivity index (χ0) is 16.9. The Bertz CT molecular complexity index is 712. The summed E-state index contributed by atoms with van der Waals surface area (Å²) in [6.07, 6.45) is 3.20. The molecule has 1 aromatic carbocycles. The third-order valence-electron chi connectivity index (χ3n) is 4.01. The summed E-state index contributed by atoms with van der Waals surface area (Å²) in [5.41, 5.74) is 1.40. The van der Waals surface area contributed by atoms with E-state index in [-0.39, 0.29) is 17.9 Å². The lowest BCUT2D eigenvalue weighted by molar-refractivity contribution is 0.0600. The van der Waals surface area contributed by atoms with E-state index in [9.17, 15) is 9.59 Å². The number of benzene rings is 1. The van der Waals surface area contributed by atoms with Gasteiger partial charge in [-0.15, -0.1) is 5.10 Å². The molecule has 24 heavy (non-hydrogen) atoms. The third kappa shape index (κ3) is 3.70. The third-order valence-corrected chi connectivity index (χ3v) is 4.66. The minimum atomic E-state index is -0.350. The fraction of sp³-hybridized carbons (Fsp3) is 0.375. The number of rotatable bonds is 4.